The average molecular weight is 461 g/mol. The van der Waals surface area contributed by atoms with Gasteiger partial charge < -0.3 is 19.0 Å². The molecule has 0 saturated carbocycles. The number of hydrogen-bond donors (Lipinski definition) is 1. The van der Waals surface area contributed by atoms with E-state index in [0.29, 0.717) is 34.3 Å². The summed E-state index contributed by atoms with van der Waals surface area (Å²) in [4.78, 5) is 21.5. The van der Waals surface area contributed by atoms with Gasteiger partial charge in [0.05, 0.1) is 30.3 Å². The van der Waals surface area contributed by atoms with Crippen molar-refractivity contribution in [1.29, 1.82) is 0 Å². The van der Waals surface area contributed by atoms with E-state index in [2.05, 4.69) is 20.5 Å². The fraction of sp³-hybridized carbons (Fsp3) is 0.320. The van der Waals surface area contributed by atoms with Crippen molar-refractivity contribution in [2.45, 2.75) is 39.8 Å². The summed E-state index contributed by atoms with van der Waals surface area (Å²) in [6.45, 7) is 6.61. The molecule has 1 unspecified atom stereocenters. The predicted molar refractivity (Wildman–Crippen MR) is 130 cm³/mol. The maximum Gasteiger partial charge on any atom is 0.268 e. The second-order valence-electron chi connectivity index (χ2n) is 8.09. The van der Waals surface area contributed by atoms with Gasteiger partial charge in [0, 0.05) is 30.4 Å². The molecule has 0 aliphatic rings. The van der Waals surface area contributed by atoms with Crippen molar-refractivity contribution >= 4 is 0 Å². The molecule has 3 heterocycles. The summed E-state index contributed by atoms with van der Waals surface area (Å²) in [5, 5.41) is 11.6. The monoisotopic (exact) mass is 460 g/mol. The molecular weight excluding hydrogens is 432 g/mol. The molecule has 0 radical (unpaired) electrons. The summed E-state index contributed by atoms with van der Waals surface area (Å²) < 4.78 is 13.2. The van der Waals surface area contributed by atoms with Crippen LogP contribution in [0, 0.1) is 6.92 Å². The van der Waals surface area contributed by atoms with E-state index in [1.54, 1.807) is 30.0 Å². The number of nitrogens with zero attached hydrogens (tertiary/aromatic N) is 5. The number of aromatic nitrogens is 5. The number of benzene rings is 1. The minimum Gasteiger partial charge on any atom is -0.496 e. The SMILES string of the molecule is CCC(C)n1cc(-c2cnc(C)c(-c3nnc(-c4ccc(CNC)cc4OC)o3)n2)ccc1=O. The van der Waals surface area contributed by atoms with Gasteiger partial charge in [-0.25, -0.2) is 4.98 Å². The van der Waals surface area contributed by atoms with Crippen molar-refractivity contribution in [1.82, 2.24) is 30.0 Å². The quantitative estimate of drug-likeness (QED) is 0.420. The Kier molecular flexibility index (Phi) is 6.83. The Bertz CT molecular complexity index is 1360. The first-order valence-corrected chi connectivity index (χ1v) is 11.2. The molecule has 1 atom stereocenters. The molecule has 0 aliphatic heterocycles. The van der Waals surface area contributed by atoms with Gasteiger partial charge >= 0.3 is 0 Å². The van der Waals surface area contributed by atoms with Crippen molar-refractivity contribution in [2.75, 3.05) is 14.2 Å². The van der Waals surface area contributed by atoms with Crippen LogP contribution in [0.1, 0.15) is 37.6 Å². The maximum absolute atomic E-state index is 12.3. The fourth-order valence-electron chi connectivity index (χ4n) is 3.64. The van der Waals surface area contributed by atoms with Crippen LogP contribution in [0.3, 0.4) is 0 Å². The van der Waals surface area contributed by atoms with Crippen LogP contribution in [-0.2, 0) is 6.54 Å². The lowest BCUT2D eigenvalue weighted by atomic mass is 10.1. The lowest BCUT2D eigenvalue weighted by Gasteiger charge is -2.14. The molecule has 9 nitrogen and oxygen atoms in total. The van der Waals surface area contributed by atoms with Gasteiger partial charge in [0.15, 0.2) is 0 Å². The fourth-order valence-corrected chi connectivity index (χ4v) is 3.64. The standard InChI is InChI=1S/C25H28N6O3/c1-6-15(2)31-14-18(8-10-22(31)32)20-13-27-16(3)23(28-20)25-30-29-24(34-25)19-9-7-17(12-26-4)11-21(19)33-5/h7-11,13-15,26H,6,12H2,1-5H3. The van der Waals surface area contributed by atoms with Crippen LogP contribution in [0.25, 0.3) is 34.3 Å². The van der Waals surface area contributed by atoms with E-state index in [1.165, 1.54) is 0 Å². The highest BCUT2D eigenvalue weighted by Crippen LogP contribution is 2.32. The number of aryl methyl sites for hydroxylation is 1. The van der Waals surface area contributed by atoms with E-state index in [4.69, 9.17) is 14.1 Å². The van der Waals surface area contributed by atoms with Crippen LogP contribution in [0.4, 0.5) is 0 Å². The lowest BCUT2D eigenvalue weighted by Crippen LogP contribution is -2.21. The average Bonchev–Trinajstić information content (AvgIpc) is 3.34. The molecule has 4 aromatic rings. The van der Waals surface area contributed by atoms with Crippen molar-refractivity contribution < 1.29 is 9.15 Å². The van der Waals surface area contributed by atoms with Crippen LogP contribution in [0.2, 0.25) is 0 Å². The van der Waals surface area contributed by atoms with Crippen molar-refractivity contribution in [3.63, 3.8) is 0 Å². The second-order valence-corrected chi connectivity index (χ2v) is 8.09. The molecule has 3 aromatic heterocycles. The Morgan fingerprint density at radius 3 is 2.71 bits per heavy atom. The largest absolute Gasteiger partial charge is 0.496 e. The van der Waals surface area contributed by atoms with Gasteiger partial charge in [0.1, 0.15) is 11.4 Å². The third-order valence-corrected chi connectivity index (χ3v) is 5.76. The summed E-state index contributed by atoms with van der Waals surface area (Å²) in [5.41, 5.74) is 4.28. The zero-order valence-corrected chi connectivity index (χ0v) is 20.0. The molecule has 34 heavy (non-hydrogen) atoms. The molecule has 0 saturated heterocycles. The highest BCUT2D eigenvalue weighted by Gasteiger charge is 2.19. The van der Waals surface area contributed by atoms with E-state index in [9.17, 15) is 4.79 Å². The summed E-state index contributed by atoms with van der Waals surface area (Å²) >= 11 is 0. The smallest absolute Gasteiger partial charge is 0.268 e. The Morgan fingerprint density at radius 1 is 1.18 bits per heavy atom. The first kappa shape index (κ1) is 23.3. The third kappa shape index (κ3) is 4.60. The molecule has 0 fully saturated rings. The number of ether oxygens (including phenoxy) is 1. The van der Waals surface area contributed by atoms with E-state index >= 15 is 0 Å². The minimum atomic E-state index is -0.0466. The van der Waals surface area contributed by atoms with Gasteiger partial charge in [-0.3, -0.25) is 9.78 Å². The Hall–Kier alpha value is -3.85. The molecule has 4 rings (SSSR count). The number of nitrogens with one attached hydrogen (secondary N) is 1. The predicted octanol–water partition coefficient (Wildman–Crippen LogP) is 4.03. The van der Waals surface area contributed by atoms with E-state index in [0.717, 1.165) is 24.1 Å². The van der Waals surface area contributed by atoms with Gasteiger partial charge in [0.25, 0.3) is 17.3 Å². The van der Waals surface area contributed by atoms with Crippen molar-refractivity contribution in [2.24, 2.45) is 0 Å². The first-order valence-electron chi connectivity index (χ1n) is 11.2. The van der Waals surface area contributed by atoms with Gasteiger partial charge in [0.2, 0.25) is 0 Å². The molecule has 0 spiro atoms. The molecule has 176 valence electrons. The Morgan fingerprint density at radius 2 is 1.97 bits per heavy atom. The van der Waals surface area contributed by atoms with Gasteiger partial charge in [-0.2, -0.15) is 0 Å². The van der Waals surface area contributed by atoms with Crippen LogP contribution in [-0.4, -0.2) is 38.9 Å². The summed E-state index contributed by atoms with van der Waals surface area (Å²) in [6.07, 6.45) is 4.34. The van der Waals surface area contributed by atoms with Crippen molar-refractivity contribution in [3.05, 3.63) is 64.3 Å². The van der Waals surface area contributed by atoms with Crippen LogP contribution < -0.4 is 15.6 Å². The summed E-state index contributed by atoms with van der Waals surface area (Å²) in [6, 6.07) is 9.21. The first-order chi connectivity index (χ1) is 16.4. The van der Waals surface area contributed by atoms with E-state index in [-0.39, 0.29) is 17.5 Å². The maximum atomic E-state index is 12.3. The molecule has 1 N–H and O–H groups in total. The Balaban J connectivity index is 1.72. The van der Waals surface area contributed by atoms with Crippen LogP contribution >= 0.6 is 0 Å². The normalized spacial score (nSPS) is 12.0. The highest BCUT2D eigenvalue weighted by atomic mass is 16.5. The molecule has 0 aliphatic carbocycles. The Labute approximate surface area is 197 Å². The molecule has 1 aromatic carbocycles. The number of rotatable bonds is 8. The van der Waals surface area contributed by atoms with Gasteiger partial charge in [-0.15, -0.1) is 10.2 Å². The number of hydrogen-bond acceptors (Lipinski definition) is 8. The molecule has 9 heteroatoms. The third-order valence-electron chi connectivity index (χ3n) is 5.76. The molecule has 0 bridgehead atoms. The summed E-state index contributed by atoms with van der Waals surface area (Å²) in [7, 11) is 3.50. The van der Waals surface area contributed by atoms with Crippen LogP contribution in [0.15, 0.2) is 51.9 Å². The van der Waals surface area contributed by atoms with E-state index < -0.39 is 0 Å². The zero-order valence-electron chi connectivity index (χ0n) is 20.0. The molecule has 0 amide bonds. The van der Waals surface area contributed by atoms with Gasteiger partial charge in [-0.05, 0) is 51.1 Å². The zero-order chi connectivity index (χ0) is 24.2. The lowest BCUT2D eigenvalue weighted by molar-refractivity contribution is 0.413. The highest BCUT2D eigenvalue weighted by molar-refractivity contribution is 5.66. The minimum absolute atomic E-state index is 0.0466. The van der Waals surface area contributed by atoms with Crippen molar-refractivity contribution in [3.8, 4) is 40.0 Å². The number of pyridine rings is 1. The second kappa shape index (κ2) is 9.96. The van der Waals surface area contributed by atoms with Gasteiger partial charge in [-0.1, -0.05) is 13.0 Å². The number of methoxy groups -OCH3 is 1. The molecular formula is C25H28N6O3. The van der Waals surface area contributed by atoms with E-state index in [1.807, 2.05) is 52.2 Å². The van der Waals surface area contributed by atoms with Crippen LogP contribution in [0.5, 0.6) is 5.75 Å². The topological polar surface area (TPSA) is 108 Å². The summed E-state index contributed by atoms with van der Waals surface area (Å²) in [5.74, 6) is 1.24.